The summed E-state index contributed by atoms with van der Waals surface area (Å²) in [6.45, 7) is 2.52. The van der Waals surface area contributed by atoms with Crippen LogP contribution in [0.3, 0.4) is 0 Å². The summed E-state index contributed by atoms with van der Waals surface area (Å²) in [6, 6.07) is 4.29. The van der Waals surface area contributed by atoms with E-state index in [-0.39, 0.29) is 18.0 Å². The minimum atomic E-state index is -0.351. The van der Waals surface area contributed by atoms with E-state index in [2.05, 4.69) is 5.43 Å². The van der Waals surface area contributed by atoms with Gasteiger partial charge in [0.1, 0.15) is 5.82 Å². The molecule has 0 saturated heterocycles. The molecule has 0 bridgehead atoms. The van der Waals surface area contributed by atoms with E-state index in [9.17, 15) is 4.39 Å². The van der Waals surface area contributed by atoms with Crippen LogP contribution in [-0.4, -0.2) is 12.7 Å². The molecule has 3 N–H and O–H groups in total. The number of ether oxygens (including phenoxy) is 1. The molecule has 1 fully saturated rings. The first kappa shape index (κ1) is 13.7. The Bertz CT molecular complexity index is 412. The fourth-order valence-corrected chi connectivity index (χ4v) is 2.40. The van der Waals surface area contributed by atoms with Gasteiger partial charge in [-0.1, -0.05) is 17.7 Å². The van der Waals surface area contributed by atoms with Gasteiger partial charge in [0, 0.05) is 17.2 Å². The van der Waals surface area contributed by atoms with Gasteiger partial charge in [-0.2, -0.15) is 0 Å². The first-order valence-corrected chi connectivity index (χ1v) is 6.57. The Morgan fingerprint density at radius 3 is 2.78 bits per heavy atom. The van der Waals surface area contributed by atoms with Crippen molar-refractivity contribution in [3.8, 4) is 0 Å². The Balaban J connectivity index is 2.25. The highest BCUT2D eigenvalue weighted by atomic mass is 35.5. The normalized spacial score (nSPS) is 18.7. The first-order valence-electron chi connectivity index (χ1n) is 6.20. The molecule has 100 valence electrons. The lowest BCUT2D eigenvalue weighted by atomic mass is 9.98. The number of rotatable bonds is 6. The van der Waals surface area contributed by atoms with Gasteiger partial charge in [0.25, 0.3) is 0 Å². The smallest absolute Gasteiger partial charge is 0.129 e. The number of benzene rings is 1. The zero-order valence-corrected chi connectivity index (χ0v) is 11.1. The number of hydrogen-bond acceptors (Lipinski definition) is 3. The lowest BCUT2D eigenvalue weighted by molar-refractivity contribution is 0.0177. The molecule has 1 saturated carbocycles. The molecule has 0 amide bonds. The van der Waals surface area contributed by atoms with Crippen LogP contribution in [0.15, 0.2) is 18.2 Å². The lowest BCUT2D eigenvalue weighted by Gasteiger charge is -2.27. The largest absolute Gasteiger partial charge is 0.376 e. The molecule has 18 heavy (non-hydrogen) atoms. The fraction of sp³-hybridized carbons (Fsp3) is 0.538. The molecule has 3 nitrogen and oxygen atoms in total. The van der Waals surface area contributed by atoms with Crippen LogP contribution in [0.4, 0.5) is 4.39 Å². The van der Waals surface area contributed by atoms with Crippen molar-refractivity contribution in [2.75, 3.05) is 6.61 Å². The summed E-state index contributed by atoms with van der Waals surface area (Å²) in [6.07, 6.45) is 2.13. The van der Waals surface area contributed by atoms with Gasteiger partial charge in [-0.05, 0) is 37.8 Å². The highest BCUT2D eigenvalue weighted by Gasteiger charge is 2.38. The van der Waals surface area contributed by atoms with Crippen molar-refractivity contribution in [1.29, 1.82) is 0 Å². The monoisotopic (exact) mass is 272 g/mol. The van der Waals surface area contributed by atoms with Crippen molar-refractivity contribution in [3.05, 3.63) is 34.6 Å². The Labute approximate surface area is 111 Å². The summed E-state index contributed by atoms with van der Waals surface area (Å²) in [5.74, 6) is 5.69. The second-order valence-electron chi connectivity index (χ2n) is 4.57. The van der Waals surface area contributed by atoms with E-state index in [1.165, 1.54) is 6.07 Å². The van der Waals surface area contributed by atoms with Gasteiger partial charge < -0.3 is 4.74 Å². The average Bonchev–Trinajstić information content (AvgIpc) is 3.15. The van der Waals surface area contributed by atoms with Gasteiger partial charge in [0.2, 0.25) is 0 Å². The van der Waals surface area contributed by atoms with E-state index in [1.807, 2.05) is 6.92 Å². The predicted molar refractivity (Wildman–Crippen MR) is 69.6 cm³/mol. The number of halogens is 2. The Morgan fingerprint density at radius 1 is 1.56 bits per heavy atom. The van der Waals surface area contributed by atoms with Crippen LogP contribution in [0.25, 0.3) is 0 Å². The highest BCUT2D eigenvalue weighted by Crippen LogP contribution is 2.40. The Hall–Kier alpha value is -0.680. The van der Waals surface area contributed by atoms with Crippen molar-refractivity contribution in [3.63, 3.8) is 0 Å². The third kappa shape index (κ3) is 3.01. The summed E-state index contributed by atoms with van der Waals surface area (Å²) in [4.78, 5) is 0. The summed E-state index contributed by atoms with van der Waals surface area (Å²) < 4.78 is 19.7. The second-order valence-corrected chi connectivity index (χ2v) is 5.00. The van der Waals surface area contributed by atoms with Gasteiger partial charge in [-0.25, -0.2) is 4.39 Å². The van der Waals surface area contributed by atoms with Gasteiger partial charge >= 0.3 is 0 Å². The van der Waals surface area contributed by atoms with E-state index in [4.69, 9.17) is 22.2 Å². The molecule has 1 aromatic carbocycles. The SMILES string of the molecule is CCOC(C1CC1)C(NN)c1ccc(Cl)cc1F. The van der Waals surface area contributed by atoms with E-state index >= 15 is 0 Å². The van der Waals surface area contributed by atoms with Crippen LogP contribution in [0.2, 0.25) is 5.02 Å². The molecule has 0 heterocycles. The summed E-state index contributed by atoms with van der Waals surface area (Å²) in [5.41, 5.74) is 3.18. The molecular formula is C13H18ClFN2O. The number of hydrogen-bond donors (Lipinski definition) is 2. The molecule has 2 atom stereocenters. The van der Waals surface area contributed by atoms with E-state index in [1.54, 1.807) is 12.1 Å². The molecule has 2 rings (SSSR count). The molecule has 1 aliphatic rings. The fourth-order valence-electron chi connectivity index (χ4n) is 2.24. The zero-order valence-electron chi connectivity index (χ0n) is 10.3. The average molecular weight is 273 g/mol. The molecule has 2 unspecified atom stereocenters. The van der Waals surface area contributed by atoms with Crippen LogP contribution in [0.5, 0.6) is 0 Å². The third-order valence-electron chi connectivity index (χ3n) is 3.25. The molecule has 1 aliphatic carbocycles. The molecular weight excluding hydrogens is 255 g/mol. The minimum absolute atomic E-state index is 0.0873. The van der Waals surface area contributed by atoms with Crippen LogP contribution in [0.1, 0.15) is 31.4 Å². The van der Waals surface area contributed by atoms with Crippen LogP contribution >= 0.6 is 11.6 Å². The Kier molecular flexibility index (Phi) is 4.56. The van der Waals surface area contributed by atoms with E-state index in [0.717, 1.165) is 12.8 Å². The van der Waals surface area contributed by atoms with Crippen molar-refractivity contribution in [2.45, 2.75) is 31.9 Å². The predicted octanol–water partition coefficient (Wildman–Crippen LogP) is 2.80. The first-order chi connectivity index (χ1) is 8.67. The molecule has 0 aromatic heterocycles. The topological polar surface area (TPSA) is 47.3 Å². The highest BCUT2D eigenvalue weighted by molar-refractivity contribution is 6.30. The molecule has 0 radical (unpaired) electrons. The van der Waals surface area contributed by atoms with Gasteiger partial charge in [-0.15, -0.1) is 0 Å². The standard InChI is InChI=1S/C13H18ClFN2O/c1-2-18-13(8-3-4-8)12(17-16)10-6-5-9(14)7-11(10)15/h5-8,12-13,17H,2-4,16H2,1H3. The summed E-state index contributed by atoms with van der Waals surface area (Å²) in [5, 5.41) is 0.381. The molecule has 5 heteroatoms. The van der Waals surface area contributed by atoms with Gasteiger partial charge in [-0.3, -0.25) is 11.3 Å². The maximum absolute atomic E-state index is 13.9. The summed E-state index contributed by atoms with van der Waals surface area (Å²) in [7, 11) is 0. The minimum Gasteiger partial charge on any atom is -0.376 e. The third-order valence-corrected chi connectivity index (χ3v) is 3.49. The van der Waals surface area contributed by atoms with Crippen LogP contribution in [-0.2, 0) is 4.74 Å². The second kappa shape index (κ2) is 5.97. The van der Waals surface area contributed by atoms with Crippen molar-refractivity contribution in [2.24, 2.45) is 11.8 Å². The Morgan fingerprint density at radius 2 is 2.28 bits per heavy atom. The maximum Gasteiger partial charge on any atom is 0.129 e. The molecule has 0 aliphatic heterocycles. The van der Waals surface area contributed by atoms with Crippen LogP contribution in [0, 0.1) is 11.7 Å². The quantitative estimate of drug-likeness (QED) is 0.618. The van der Waals surface area contributed by atoms with Gasteiger partial charge in [0.15, 0.2) is 0 Å². The van der Waals surface area contributed by atoms with Crippen molar-refractivity contribution >= 4 is 11.6 Å². The van der Waals surface area contributed by atoms with Gasteiger partial charge in [0.05, 0.1) is 12.1 Å². The van der Waals surface area contributed by atoms with Crippen molar-refractivity contribution in [1.82, 2.24) is 5.43 Å². The van der Waals surface area contributed by atoms with Crippen molar-refractivity contribution < 1.29 is 9.13 Å². The van der Waals surface area contributed by atoms with E-state index in [0.29, 0.717) is 23.1 Å². The zero-order chi connectivity index (χ0) is 13.1. The number of hydrazine groups is 1. The number of nitrogens with one attached hydrogen (secondary N) is 1. The maximum atomic E-state index is 13.9. The number of nitrogens with two attached hydrogens (primary N) is 1. The molecule has 1 aromatic rings. The van der Waals surface area contributed by atoms with Crippen LogP contribution < -0.4 is 11.3 Å². The van der Waals surface area contributed by atoms with E-state index < -0.39 is 0 Å². The lowest BCUT2D eigenvalue weighted by Crippen LogP contribution is -2.39. The summed E-state index contributed by atoms with van der Waals surface area (Å²) >= 11 is 5.76. The molecule has 0 spiro atoms.